The van der Waals surface area contributed by atoms with Crippen LogP contribution in [0.4, 0.5) is 4.39 Å². The van der Waals surface area contributed by atoms with Crippen LogP contribution in [-0.4, -0.2) is 22.9 Å². The number of hydrogen-bond donors (Lipinski definition) is 0. The Kier molecular flexibility index (Phi) is 4.59. The third-order valence-corrected chi connectivity index (χ3v) is 4.29. The van der Waals surface area contributed by atoms with E-state index in [1.807, 2.05) is 0 Å². The predicted molar refractivity (Wildman–Crippen MR) is 78.5 cm³/mol. The number of hydrogen-bond acceptors (Lipinski definition) is 4. The standard InChI is InChI=1S/C15H16ClFN2O3/c16-12-2-1-3-13(17)11(12)8-14-18-22-15(20)19(14)9-10-4-6-21-7-5-10/h1-3,10H,4-9H2. The van der Waals surface area contributed by atoms with Crippen LogP contribution in [0.25, 0.3) is 0 Å². The van der Waals surface area contributed by atoms with E-state index >= 15 is 0 Å². The molecule has 0 amide bonds. The molecule has 0 radical (unpaired) electrons. The fourth-order valence-electron chi connectivity index (χ4n) is 2.65. The molecule has 22 heavy (non-hydrogen) atoms. The lowest BCUT2D eigenvalue weighted by Crippen LogP contribution is -2.26. The largest absolute Gasteiger partial charge is 0.441 e. The molecule has 118 valence electrons. The molecule has 0 spiro atoms. The molecule has 7 heteroatoms. The molecule has 1 aromatic carbocycles. The van der Waals surface area contributed by atoms with Crippen LogP contribution in [0.3, 0.4) is 0 Å². The Labute approximate surface area is 131 Å². The topological polar surface area (TPSA) is 57.3 Å². The van der Waals surface area contributed by atoms with Gasteiger partial charge >= 0.3 is 5.76 Å². The van der Waals surface area contributed by atoms with Gasteiger partial charge in [-0.05, 0) is 30.9 Å². The molecule has 0 aliphatic carbocycles. The molecule has 1 aromatic heterocycles. The van der Waals surface area contributed by atoms with Crippen molar-refractivity contribution < 1.29 is 13.7 Å². The number of ether oxygens (including phenoxy) is 1. The normalized spacial score (nSPS) is 16.1. The average Bonchev–Trinajstić information content (AvgIpc) is 2.85. The monoisotopic (exact) mass is 326 g/mol. The molecule has 2 aromatic rings. The van der Waals surface area contributed by atoms with Gasteiger partial charge in [-0.3, -0.25) is 9.09 Å². The second-order valence-corrected chi connectivity index (χ2v) is 5.82. The van der Waals surface area contributed by atoms with Crippen LogP contribution in [0.1, 0.15) is 24.2 Å². The molecule has 1 saturated heterocycles. The molecule has 1 aliphatic heterocycles. The summed E-state index contributed by atoms with van der Waals surface area (Å²) in [6, 6.07) is 4.49. The molecule has 1 fully saturated rings. The summed E-state index contributed by atoms with van der Waals surface area (Å²) in [5.41, 5.74) is 0.318. The first kappa shape index (κ1) is 15.2. The molecular weight excluding hydrogens is 311 g/mol. The van der Waals surface area contributed by atoms with Gasteiger partial charge < -0.3 is 4.74 Å². The zero-order valence-electron chi connectivity index (χ0n) is 11.9. The van der Waals surface area contributed by atoms with E-state index < -0.39 is 11.6 Å². The van der Waals surface area contributed by atoms with Crippen molar-refractivity contribution in [3.63, 3.8) is 0 Å². The Hall–Kier alpha value is -1.66. The van der Waals surface area contributed by atoms with Gasteiger partial charge in [0.15, 0.2) is 5.82 Å². The highest BCUT2D eigenvalue weighted by Crippen LogP contribution is 2.22. The van der Waals surface area contributed by atoms with Crippen LogP contribution < -0.4 is 5.76 Å². The van der Waals surface area contributed by atoms with Crippen molar-refractivity contribution in [3.05, 3.63) is 51.0 Å². The van der Waals surface area contributed by atoms with Gasteiger partial charge in [0.05, 0.1) is 0 Å². The highest BCUT2D eigenvalue weighted by molar-refractivity contribution is 6.31. The smallest absolute Gasteiger partial charge is 0.381 e. The zero-order valence-corrected chi connectivity index (χ0v) is 12.7. The van der Waals surface area contributed by atoms with Crippen molar-refractivity contribution in [3.8, 4) is 0 Å². The van der Waals surface area contributed by atoms with Crippen molar-refractivity contribution in [1.29, 1.82) is 0 Å². The summed E-state index contributed by atoms with van der Waals surface area (Å²) < 4.78 is 25.4. The van der Waals surface area contributed by atoms with Crippen molar-refractivity contribution in [1.82, 2.24) is 9.72 Å². The number of benzene rings is 1. The van der Waals surface area contributed by atoms with Crippen LogP contribution in [0.2, 0.25) is 5.02 Å². The average molecular weight is 327 g/mol. The highest BCUT2D eigenvalue weighted by atomic mass is 35.5. The van der Waals surface area contributed by atoms with Crippen molar-refractivity contribution in [2.75, 3.05) is 13.2 Å². The first-order valence-corrected chi connectivity index (χ1v) is 7.59. The van der Waals surface area contributed by atoms with Gasteiger partial charge in [0.25, 0.3) is 0 Å². The van der Waals surface area contributed by atoms with E-state index in [1.54, 1.807) is 12.1 Å². The number of rotatable bonds is 4. The van der Waals surface area contributed by atoms with Crippen LogP contribution in [0.15, 0.2) is 27.5 Å². The van der Waals surface area contributed by atoms with E-state index in [1.165, 1.54) is 10.6 Å². The maximum atomic E-state index is 13.9. The van der Waals surface area contributed by atoms with Crippen LogP contribution >= 0.6 is 11.6 Å². The number of nitrogens with zero attached hydrogens (tertiary/aromatic N) is 2. The molecule has 3 rings (SSSR count). The minimum atomic E-state index is -0.519. The summed E-state index contributed by atoms with van der Waals surface area (Å²) in [6.45, 7) is 1.89. The second kappa shape index (κ2) is 6.62. The number of aromatic nitrogens is 2. The molecular formula is C15H16ClFN2O3. The molecule has 0 saturated carbocycles. The first-order valence-electron chi connectivity index (χ1n) is 7.21. The van der Waals surface area contributed by atoms with Gasteiger partial charge in [0.2, 0.25) is 0 Å². The quantitative estimate of drug-likeness (QED) is 0.866. The first-order chi connectivity index (χ1) is 10.6. The van der Waals surface area contributed by atoms with Gasteiger partial charge in [-0.15, -0.1) is 0 Å². The highest BCUT2D eigenvalue weighted by Gasteiger charge is 2.20. The molecule has 0 N–H and O–H groups in total. The van der Waals surface area contributed by atoms with E-state index in [4.69, 9.17) is 20.9 Å². The summed E-state index contributed by atoms with van der Waals surface area (Å²) in [6.07, 6.45) is 1.90. The number of halogens is 2. The molecule has 0 atom stereocenters. The second-order valence-electron chi connectivity index (χ2n) is 5.41. The predicted octanol–water partition coefficient (Wildman–Crippen LogP) is 2.65. The van der Waals surface area contributed by atoms with Crippen molar-refractivity contribution >= 4 is 11.6 Å². The Morgan fingerprint density at radius 3 is 2.86 bits per heavy atom. The van der Waals surface area contributed by atoms with Gasteiger partial charge in [-0.1, -0.05) is 22.8 Å². The maximum absolute atomic E-state index is 13.9. The zero-order chi connectivity index (χ0) is 15.5. The molecule has 2 heterocycles. The lowest BCUT2D eigenvalue weighted by molar-refractivity contribution is 0.0604. The Bertz CT molecular complexity index is 687. The third kappa shape index (κ3) is 3.23. The van der Waals surface area contributed by atoms with Crippen molar-refractivity contribution in [2.45, 2.75) is 25.8 Å². The lowest BCUT2D eigenvalue weighted by atomic mass is 10.0. The van der Waals surface area contributed by atoms with E-state index in [0.717, 1.165) is 12.8 Å². The minimum Gasteiger partial charge on any atom is -0.381 e. The van der Waals surface area contributed by atoms with Crippen LogP contribution in [0.5, 0.6) is 0 Å². The van der Waals surface area contributed by atoms with E-state index in [-0.39, 0.29) is 6.42 Å². The Morgan fingerprint density at radius 2 is 2.14 bits per heavy atom. The summed E-state index contributed by atoms with van der Waals surface area (Å²) >= 11 is 6.03. The maximum Gasteiger partial charge on any atom is 0.441 e. The Morgan fingerprint density at radius 1 is 1.36 bits per heavy atom. The molecule has 0 bridgehead atoms. The molecule has 1 aliphatic rings. The Balaban J connectivity index is 1.84. The lowest BCUT2D eigenvalue weighted by Gasteiger charge is -2.22. The fourth-order valence-corrected chi connectivity index (χ4v) is 2.88. The summed E-state index contributed by atoms with van der Waals surface area (Å²) in [4.78, 5) is 11.8. The van der Waals surface area contributed by atoms with Crippen molar-refractivity contribution in [2.24, 2.45) is 5.92 Å². The molecule has 0 unspecified atom stereocenters. The van der Waals surface area contributed by atoms with Crippen LogP contribution in [-0.2, 0) is 17.7 Å². The fraction of sp³-hybridized carbons (Fsp3) is 0.467. The minimum absolute atomic E-state index is 0.125. The van der Waals surface area contributed by atoms with Gasteiger partial charge in [-0.2, -0.15) is 0 Å². The van der Waals surface area contributed by atoms with E-state index in [0.29, 0.717) is 42.1 Å². The van der Waals surface area contributed by atoms with Gasteiger partial charge in [0.1, 0.15) is 5.82 Å². The summed E-state index contributed by atoms with van der Waals surface area (Å²) in [5.74, 6) is -0.210. The summed E-state index contributed by atoms with van der Waals surface area (Å²) in [5, 5.41) is 4.09. The van der Waals surface area contributed by atoms with E-state index in [9.17, 15) is 9.18 Å². The van der Waals surface area contributed by atoms with Gasteiger partial charge in [-0.25, -0.2) is 9.18 Å². The summed E-state index contributed by atoms with van der Waals surface area (Å²) in [7, 11) is 0. The SMILES string of the molecule is O=c1onc(Cc2c(F)cccc2Cl)n1CC1CCOCC1. The molecule has 5 nitrogen and oxygen atoms in total. The third-order valence-electron chi connectivity index (χ3n) is 3.94. The van der Waals surface area contributed by atoms with E-state index in [2.05, 4.69) is 5.16 Å². The van der Waals surface area contributed by atoms with Crippen LogP contribution in [0, 0.1) is 11.7 Å². The van der Waals surface area contributed by atoms with Gasteiger partial charge in [0, 0.05) is 36.8 Å².